The van der Waals surface area contributed by atoms with E-state index in [0.29, 0.717) is 11.6 Å². The first-order chi connectivity index (χ1) is 11.8. The van der Waals surface area contributed by atoms with Crippen LogP contribution in [0.3, 0.4) is 0 Å². The summed E-state index contributed by atoms with van der Waals surface area (Å²) in [4.78, 5) is 5.54. The van der Waals surface area contributed by atoms with Crippen molar-refractivity contribution in [2.24, 2.45) is 4.99 Å². The Labute approximate surface area is 147 Å². The highest BCUT2D eigenvalue weighted by Gasteiger charge is 2.12. The number of halogens is 1. The third kappa shape index (κ3) is 2.96. The summed E-state index contributed by atoms with van der Waals surface area (Å²) >= 11 is 7.78. The molecule has 4 nitrogen and oxygen atoms in total. The summed E-state index contributed by atoms with van der Waals surface area (Å²) in [5.41, 5.74) is 1.69. The molecule has 3 aromatic heterocycles. The fraction of sp³-hybridized carbons (Fsp3) is 0.0556. The van der Waals surface area contributed by atoms with Crippen molar-refractivity contribution < 1.29 is 8.83 Å². The van der Waals surface area contributed by atoms with E-state index in [0.717, 1.165) is 27.7 Å². The van der Waals surface area contributed by atoms with E-state index in [2.05, 4.69) is 4.57 Å². The minimum Gasteiger partial charge on any atom is -0.467 e. The third-order valence-corrected chi connectivity index (χ3v) is 4.72. The molecule has 4 aromatic rings. The van der Waals surface area contributed by atoms with E-state index in [1.807, 2.05) is 53.9 Å². The molecule has 0 radical (unpaired) electrons. The first-order valence-electron chi connectivity index (χ1n) is 7.35. The zero-order valence-corrected chi connectivity index (χ0v) is 14.1. The summed E-state index contributed by atoms with van der Waals surface area (Å²) in [6, 6.07) is 15.2. The number of aromatic nitrogens is 1. The third-order valence-electron chi connectivity index (χ3n) is 3.53. The van der Waals surface area contributed by atoms with Crippen molar-refractivity contribution in [3.63, 3.8) is 0 Å². The first kappa shape index (κ1) is 15.1. The quantitative estimate of drug-likeness (QED) is 0.495. The lowest BCUT2D eigenvalue weighted by atomic mass is 10.3. The van der Waals surface area contributed by atoms with Crippen LogP contribution in [0.4, 0.5) is 5.69 Å². The number of hydrogen-bond donors (Lipinski definition) is 0. The van der Waals surface area contributed by atoms with Gasteiger partial charge in [-0.2, -0.15) is 0 Å². The lowest BCUT2D eigenvalue weighted by Gasteiger charge is -2.05. The number of para-hydroxylation sites is 1. The van der Waals surface area contributed by atoms with Gasteiger partial charge in [0.15, 0.2) is 10.6 Å². The molecule has 4 rings (SSSR count). The van der Waals surface area contributed by atoms with Crippen LogP contribution in [0.15, 0.2) is 80.3 Å². The van der Waals surface area contributed by atoms with E-state index >= 15 is 0 Å². The van der Waals surface area contributed by atoms with E-state index in [-0.39, 0.29) is 0 Å². The van der Waals surface area contributed by atoms with Crippen molar-refractivity contribution in [1.29, 1.82) is 0 Å². The molecular formula is C18H13ClN2O2S. The van der Waals surface area contributed by atoms with Crippen molar-refractivity contribution >= 4 is 28.6 Å². The van der Waals surface area contributed by atoms with Gasteiger partial charge in [0.2, 0.25) is 0 Å². The topological polar surface area (TPSA) is 43.6 Å². The van der Waals surface area contributed by atoms with Crippen molar-refractivity contribution in [3.05, 3.63) is 82.0 Å². The molecule has 24 heavy (non-hydrogen) atoms. The number of furan rings is 2. The molecule has 0 unspecified atom stereocenters. The molecule has 6 heteroatoms. The Hall–Kier alpha value is -2.50. The second-order valence-corrected chi connectivity index (χ2v) is 6.35. The van der Waals surface area contributed by atoms with Gasteiger partial charge in [-0.3, -0.25) is 0 Å². The molecular weight excluding hydrogens is 344 g/mol. The van der Waals surface area contributed by atoms with Gasteiger partial charge >= 0.3 is 0 Å². The Kier molecular flexibility index (Phi) is 4.11. The molecule has 0 fully saturated rings. The Morgan fingerprint density at radius 1 is 1.00 bits per heavy atom. The molecule has 0 N–H and O–H groups in total. The molecule has 0 atom stereocenters. The lowest BCUT2D eigenvalue weighted by molar-refractivity contribution is 0.489. The smallest absolute Gasteiger partial charge is 0.190 e. The fourth-order valence-corrected chi connectivity index (χ4v) is 3.48. The van der Waals surface area contributed by atoms with Crippen LogP contribution >= 0.6 is 22.9 Å². The molecule has 0 bridgehead atoms. The molecule has 0 aliphatic carbocycles. The van der Waals surface area contributed by atoms with Gasteiger partial charge in [-0.25, -0.2) is 4.99 Å². The zero-order valence-electron chi connectivity index (χ0n) is 12.6. The van der Waals surface area contributed by atoms with Crippen LogP contribution in [0.2, 0.25) is 5.02 Å². The second kappa shape index (κ2) is 6.55. The molecule has 0 saturated carbocycles. The number of rotatable bonds is 4. The predicted octanol–water partition coefficient (Wildman–Crippen LogP) is 5.34. The monoisotopic (exact) mass is 356 g/mol. The van der Waals surface area contributed by atoms with E-state index in [1.54, 1.807) is 12.5 Å². The van der Waals surface area contributed by atoms with Crippen molar-refractivity contribution in [2.45, 2.75) is 6.54 Å². The molecule has 1 aromatic carbocycles. The normalized spacial score (nSPS) is 12.0. The highest BCUT2D eigenvalue weighted by molar-refractivity contribution is 7.07. The molecule has 0 amide bonds. The molecule has 0 spiro atoms. The van der Waals surface area contributed by atoms with Gasteiger partial charge in [-0.1, -0.05) is 23.7 Å². The molecule has 0 aliphatic heterocycles. The number of benzene rings is 1. The Morgan fingerprint density at radius 3 is 2.58 bits per heavy atom. The standard InChI is InChI=1S/C18H13ClN2O2S/c19-14-6-1-2-7-15(14)20-18-21(11-13-5-3-9-22-13)16(12-24-18)17-8-4-10-23-17/h1-10,12H,11H2. The summed E-state index contributed by atoms with van der Waals surface area (Å²) in [5.74, 6) is 1.64. The Morgan fingerprint density at radius 2 is 1.83 bits per heavy atom. The summed E-state index contributed by atoms with van der Waals surface area (Å²) in [6.07, 6.45) is 3.33. The summed E-state index contributed by atoms with van der Waals surface area (Å²) < 4.78 is 13.1. The van der Waals surface area contributed by atoms with Crippen LogP contribution in [-0.2, 0) is 6.54 Å². The maximum atomic E-state index is 6.24. The van der Waals surface area contributed by atoms with E-state index in [9.17, 15) is 0 Å². The maximum absolute atomic E-state index is 6.24. The van der Waals surface area contributed by atoms with Gasteiger partial charge in [0, 0.05) is 5.38 Å². The van der Waals surface area contributed by atoms with Gasteiger partial charge < -0.3 is 13.4 Å². The van der Waals surface area contributed by atoms with Gasteiger partial charge in [0.1, 0.15) is 5.76 Å². The number of thiazole rings is 1. The molecule has 3 heterocycles. The van der Waals surface area contributed by atoms with Crippen LogP contribution in [0.1, 0.15) is 5.76 Å². The van der Waals surface area contributed by atoms with Gasteiger partial charge in [0.05, 0.1) is 35.5 Å². The van der Waals surface area contributed by atoms with Crippen molar-refractivity contribution in [2.75, 3.05) is 0 Å². The SMILES string of the molecule is Clc1ccccc1N=c1scc(-c2ccco2)n1Cc1ccco1. The average molecular weight is 357 g/mol. The number of nitrogens with zero attached hydrogens (tertiary/aromatic N) is 2. The largest absolute Gasteiger partial charge is 0.467 e. The predicted molar refractivity (Wildman–Crippen MR) is 94.5 cm³/mol. The molecule has 120 valence electrons. The summed E-state index contributed by atoms with van der Waals surface area (Å²) in [7, 11) is 0. The average Bonchev–Trinajstić information content (AvgIpc) is 3.33. The van der Waals surface area contributed by atoms with Gasteiger partial charge in [0.25, 0.3) is 0 Å². The van der Waals surface area contributed by atoms with E-state index in [1.165, 1.54) is 11.3 Å². The Bertz CT molecular complexity index is 998. The van der Waals surface area contributed by atoms with Crippen molar-refractivity contribution in [1.82, 2.24) is 4.57 Å². The molecule has 0 saturated heterocycles. The minimum atomic E-state index is 0.565. The van der Waals surface area contributed by atoms with Crippen LogP contribution in [0.25, 0.3) is 11.5 Å². The van der Waals surface area contributed by atoms with E-state index < -0.39 is 0 Å². The van der Waals surface area contributed by atoms with Crippen LogP contribution in [-0.4, -0.2) is 4.57 Å². The second-order valence-electron chi connectivity index (χ2n) is 5.11. The fourth-order valence-electron chi connectivity index (χ4n) is 2.40. The first-order valence-corrected chi connectivity index (χ1v) is 8.61. The minimum absolute atomic E-state index is 0.565. The maximum Gasteiger partial charge on any atom is 0.190 e. The van der Waals surface area contributed by atoms with Crippen molar-refractivity contribution in [3.8, 4) is 11.5 Å². The summed E-state index contributed by atoms with van der Waals surface area (Å²) in [5, 5.41) is 2.65. The van der Waals surface area contributed by atoms with E-state index in [4.69, 9.17) is 25.4 Å². The van der Waals surface area contributed by atoms with Gasteiger partial charge in [-0.15, -0.1) is 11.3 Å². The lowest BCUT2D eigenvalue weighted by Crippen LogP contribution is -2.16. The highest BCUT2D eigenvalue weighted by atomic mass is 35.5. The zero-order chi connectivity index (χ0) is 16.4. The van der Waals surface area contributed by atoms with Gasteiger partial charge in [-0.05, 0) is 36.4 Å². The highest BCUT2D eigenvalue weighted by Crippen LogP contribution is 2.25. The van der Waals surface area contributed by atoms with Crippen LogP contribution in [0.5, 0.6) is 0 Å². The number of hydrogen-bond acceptors (Lipinski definition) is 4. The van der Waals surface area contributed by atoms with Crippen LogP contribution in [0, 0.1) is 0 Å². The molecule has 0 aliphatic rings. The van der Waals surface area contributed by atoms with Crippen LogP contribution < -0.4 is 4.80 Å². The Balaban J connectivity index is 1.86. The summed E-state index contributed by atoms with van der Waals surface area (Å²) in [6.45, 7) is 0.565.